The third kappa shape index (κ3) is 2.54. The summed E-state index contributed by atoms with van der Waals surface area (Å²) in [4.78, 5) is 25.6. The van der Waals surface area contributed by atoms with E-state index in [9.17, 15) is 14.9 Å². The molecule has 0 bridgehead atoms. The summed E-state index contributed by atoms with van der Waals surface area (Å²) in [6, 6.07) is 15.8. The molecule has 0 spiro atoms. The minimum absolute atomic E-state index is 0.127. The SMILES string of the molecule is O=c1c([N+](=O)[O-])c(OCc2ccccc2)[nH]c2ccccc12. The van der Waals surface area contributed by atoms with Gasteiger partial charge >= 0.3 is 5.69 Å². The fraction of sp³-hybridized carbons (Fsp3) is 0.0625. The zero-order valence-corrected chi connectivity index (χ0v) is 11.5. The number of ether oxygens (including phenoxy) is 1. The molecule has 0 aliphatic rings. The molecule has 110 valence electrons. The van der Waals surface area contributed by atoms with Gasteiger partial charge in [-0.3, -0.25) is 14.9 Å². The van der Waals surface area contributed by atoms with Gasteiger partial charge in [0.05, 0.1) is 15.8 Å². The Bertz CT molecular complexity index is 888. The number of fused-ring (bicyclic) bond motifs is 1. The predicted octanol–water partition coefficient (Wildman–Crippen LogP) is 3.02. The van der Waals surface area contributed by atoms with Gasteiger partial charge < -0.3 is 9.72 Å². The molecule has 1 heterocycles. The summed E-state index contributed by atoms with van der Waals surface area (Å²) < 4.78 is 5.48. The van der Waals surface area contributed by atoms with Crippen molar-refractivity contribution in [3.63, 3.8) is 0 Å². The molecule has 6 heteroatoms. The first kappa shape index (κ1) is 13.8. The van der Waals surface area contributed by atoms with Gasteiger partial charge in [0.15, 0.2) is 0 Å². The highest BCUT2D eigenvalue weighted by Crippen LogP contribution is 2.24. The standard InChI is InChI=1S/C16H12N2O4/c19-15-12-8-4-5-9-13(12)17-16(14(15)18(20)21)22-10-11-6-2-1-3-7-11/h1-9H,10H2,(H,17,19). The Kier molecular flexibility index (Phi) is 3.57. The van der Waals surface area contributed by atoms with Crippen molar-refractivity contribution in [1.82, 2.24) is 4.98 Å². The molecule has 0 saturated heterocycles. The topological polar surface area (TPSA) is 85.2 Å². The highest BCUT2D eigenvalue weighted by Gasteiger charge is 2.23. The molecule has 22 heavy (non-hydrogen) atoms. The van der Waals surface area contributed by atoms with E-state index in [1.807, 2.05) is 30.3 Å². The number of aromatic nitrogens is 1. The van der Waals surface area contributed by atoms with Gasteiger partial charge in [0.2, 0.25) is 0 Å². The first-order valence-corrected chi connectivity index (χ1v) is 6.63. The van der Waals surface area contributed by atoms with Crippen molar-refractivity contribution in [3.8, 4) is 5.88 Å². The lowest BCUT2D eigenvalue weighted by atomic mass is 10.2. The van der Waals surface area contributed by atoms with Gasteiger partial charge in [-0.25, -0.2) is 0 Å². The molecule has 3 rings (SSSR count). The summed E-state index contributed by atoms with van der Waals surface area (Å²) in [5.74, 6) is -0.127. The monoisotopic (exact) mass is 296 g/mol. The van der Waals surface area contributed by atoms with Crippen LogP contribution in [0, 0.1) is 10.1 Å². The maximum absolute atomic E-state index is 12.3. The summed E-state index contributed by atoms with van der Waals surface area (Å²) in [5, 5.41) is 11.5. The van der Waals surface area contributed by atoms with Crippen LogP contribution < -0.4 is 10.2 Å². The van der Waals surface area contributed by atoms with Crippen molar-refractivity contribution in [2.75, 3.05) is 0 Å². The Morgan fingerprint density at radius 1 is 1.05 bits per heavy atom. The average Bonchev–Trinajstić information content (AvgIpc) is 2.53. The second-order valence-corrected chi connectivity index (χ2v) is 4.71. The van der Waals surface area contributed by atoms with E-state index in [2.05, 4.69) is 4.98 Å². The molecule has 0 unspecified atom stereocenters. The molecular weight excluding hydrogens is 284 g/mol. The molecule has 6 nitrogen and oxygen atoms in total. The molecule has 0 saturated carbocycles. The minimum Gasteiger partial charge on any atom is -0.469 e. The van der Waals surface area contributed by atoms with E-state index in [4.69, 9.17) is 4.74 Å². The number of para-hydroxylation sites is 1. The Morgan fingerprint density at radius 3 is 2.45 bits per heavy atom. The smallest absolute Gasteiger partial charge is 0.376 e. The number of aromatic amines is 1. The van der Waals surface area contributed by atoms with Gasteiger partial charge in [0.1, 0.15) is 6.61 Å². The third-order valence-electron chi connectivity index (χ3n) is 3.26. The van der Waals surface area contributed by atoms with E-state index < -0.39 is 16.0 Å². The van der Waals surface area contributed by atoms with Crippen LogP contribution in [0.4, 0.5) is 5.69 Å². The van der Waals surface area contributed by atoms with Crippen LogP contribution in [0.15, 0.2) is 59.4 Å². The van der Waals surface area contributed by atoms with Crippen molar-refractivity contribution in [2.45, 2.75) is 6.61 Å². The summed E-state index contributed by atoms with van der Waals surface area (Å²) in [7, 11) is 0. The molecule has 1 N–H and O–H groups in total. The van der Waals surface area contributed by atoms with E-state index in [0.717, 1.165) is 5.56 Å². The van der Waals surface area contributed by atoms with Crippen molar-refractivity contribution in [3.05, 3.63) is 80.5 Å². The number of hydrogen-bond acceptors (Lipinski definition) is 4. The molecule has 0 atom stereocenters. The lowest BCUT2D eigenvalue weighted by molar-refractivity contribution is -0.387. The van der Waals surface area contributed by atoms with Gasteiger partial charge in [0.25, 0.3) is 11.3 Å². The molecular formula is C16H12N2O4. The maximum atomic E-state index is 12.3. The Balaban J connectivity index is 2.06. The van der Waals surface area contributed by atoms with E-state index in [1.54, 1.807) is 24.3 Å². The summed E-state index contributed by atoms with van der Waals surface area (Å²) in [6.45, 7) is 0.135. The van der Waals surface area contributed by atoms with Crippen LogP contribution in [0.25, 0.3) is 10.9 Å². The van der Waals surface area contributed by atoms with Crippen molar-refractivity contribution < 1.29 is 9.66 Å². The number of nitro groups is 1. The first-order valence-electron chi connectivity index (χ1n) is 6.63. The number of hydrogen-bond donors (Lipinski definition) is 1. The van der Waals surface area contributed by atoms with Crippen LogP contribution in [0.3, 0.4) is 0 Å². The molecule has 0 fully saturated rings. The normalized spacial score (nSPS) is 10.5. The number of nitrogens with zero attached hydrogens (tertiary/aromatic N) is 1. The van der Waals surface area contributed by atoms with Gasteiger partial charge in [-0.2, -0.15) is 0 Å². The Labute approximate surface area is 125 Å². The fourth-order valence-corrected chi connectivity index (χ4v) is 2.20. The van der Waals surface area contributed by atoms with Crippen LogP contribution in [-0.2, 0) is 6.61 Å². The summed E-state index contributed by atoms with van der Waals surface area (Å²) in [6.07, 6.45) is 0. The number of H-pyrrole nitrogens is 1. The van der Waals surface area contributed by atoms with Crippen molar-refractivity contribution in [1.29, 1.82) is 0 Å². The minimum atomic E-state index is -0.717. The number of nitrogens with one attached hydrogen (secondary N) is 1. The predicted molar refractivity (Wildman–Crippen MR) is 82.0 cm³/mol. The Morgan fingerprint density at radius 2 is 1.73 bits per heavy atom. The van der Waals surface area contributed by atoms with Crippen LogP contribution in [0.5, 0.6) is 5.88 Å². The second-order valence-electron chi connectivity index (χ2n) is 4.71. The van der Waals surface area contributed by atoms with Crippen molar-refractivity contribution in [2.24, 2.45) is 0 Å². The Hall–Kier alpha value is -3.15. The lowest BCUT2D eigenvalue weighted by Gasteiger charge is -2.08. The maximum Gasteiger partial charge on any atom is 0.376 e. The molecule has 3 aromatic rings. The molecule has 1 aromatic heterocycles. The molecule has 0 aliphatic carbocycles. The van der Waals surface area contributed by atoms with Gasteiger partial charge in [-0.15, -0.1) is 0 Å². The van der Waals surface area contributed by atoms with Gasteiger partial charge in [0, 0.05) is 0 Å². The molecule has 2 aromatic carbocycles. The largest absolute Gasteiger partial charge is 0.469 e. The van der Waals surface area contributed by atoms with Crippen LogP contribution in [-0.4, -0.2) is 9.91 Å². The third-order valence-corrected chi connectivity index (χ3v) is 3.26. The summed E-state index contributed by atoms with van der Waals surface area (Å²) in [5.41, 5.74) is 0.129. The fourth-order valence-electron chi connectivity index (χ4n) is 2.20. The van der Waals surface area contributed by atoms with Gasteiger partial charge in [-0.05, 0) is 17.7 Å². The number of rotatable bonds is 4. The average molecular weight is 296 g/mol. The van der Waals surface area contributed by atoms with E-state index in [-0.39, 0.29) is 17.9 Å². The van der Waals surface area contributed by atoms with E-state index >= 15 is 0 Å². The second kappa shape index (κ2) is 5.69. The summed E-state index contributed by atoms with van der Waals surface area (Å²) >= 11 is 0. The van der Waals surface area contributed by atoms with Crippen molar-refractivity contribution >= 4 is 16.6 Å². The van der Waals surface area contributed by atoms with Gasteiger partial charge in [-0.1, -0.05) is 42.5 Å². The van der Waals surface area contributed by atoms with E-state index in [1.165, 1.54) is 0 Å². The van der Waals surface area contributed by atoms with Crippen LogP contribution >= 0.6 is 0 Å². The first-order chi connectivity index (χ1) is 10.7. The quantitative estimate of drug-likeness (QED) is 0.592. The van der Waals surface area contributed by atoms with Crippen LogP contribution in [0.2, 0.25) is 0 Å². The van der Waals surface area contributed by atoms with Crippen LogP contribution in [0.1, 0.15) is 5.56 Å². The molecule has 0 aliphatic heterocycles. The highest BCUT2D eigenvalue weighted by molar-refractivity contribution is 5.81. The van der Waals surface area contributed by atoms with E-state index in [0.29, 0.717) is 5.52 Å². The molecule has 0 radical (unpaired) electrons. The lowest BCUT2D eigenvalue weighted by Crippen LogP contribution is -2.13. The highest BCUT2D eigenvalue weighted by atomic mass is 16.6. The molecule has 0 amide bonds. The zero-order chi connectivity index (χ0) is 15.5. The zero-order valence-electron chi connectivity index (χ0n) is 11.5. The number of benzene rings is 2. The number of pyridine rings is 1.